The number of likely N-dealkylation sites (N-methyl/N-ethyl adjacent to an activating group) is 1. The van der Waals surface area contributed by atoms with Gasteiger partial charge in [-0.25, -0.2) is 0 Å². The van der Waals surface area contributed by atoms with E-state index >= 15 is 0 Å². The molecule has 2 heteroatoms. The first-order chi connectivity index (χ1) is 7.61. The predicted molar refractivity (Wildman–Crippen MR) is 69.5 cm³/mol. The van der Waals surface area contributed by atoms with E-state index in [1.807, 2.05) is 0 Å². The number of ether oxygens (including phenoxy) is 1. The Balaban J connectivity index is 2.94. The topological polar surface area (TPSA) is 21.3 Å². The molecule has 0 fully saturated rings. The van der Waals surface area contributed by atoms with E-state index in [-0.39, 0.29) is 0 Å². The van der Waals surface area contributed by atoms with Gasteiger partial charge in [-0.05, 0) is 62.5 Å². The van der Waals surface area contributed by atoms with Gasteiger partial charge in [0.15, 0.2) is 0 Å². The Labute approximate surface area is 99.0 Å². The molecule has 0 radical (unpaired) electrons. The van der Waals surface area contributed by atoms with Crippen molar-refractivity contribution >= 4 is 0 Å². The van der Waals surface area contributed by atoms with Crippen LogP contribution >= 0.6 is 0 Å². The van der Waals surface area contributed by atoms with Crippen LogP contribution in [0.1, 0.15) is 29.2 Å². The Morgan fingerprint density at radius 3 is 2.44 bits per heavy atom. The highest BCUT2D eigenvalue weighted by molar-refractivity contribution is 5.49. The van der Waals surface area contributed by atoms with E-state index in [2.05, 4.69) is 39.1 Å². The number of hydrogen-bond donors (Lipinski definition) is 1. The highest BCUT2D eigenvalue weighted by Crippen LogP contribution is 2.28. The third-order valence-electron chi connectivity index (χ3n) is 3.16. The van der Waals surface area contributed by atoms with Crippen molar-refractivity contribution in [3.05, 3.63) is 28.3 Å². The van der Waals surface area contributed by atoms with Gasteiger partial charge in [-0.1, -0.05) is 13.0 Å². The molecule has 1 rings (SSSR count). The molecule has 2 nitrogen and oxygen atoms in total. The summed E-state index contributed by atoms with van der Waals surface area (Å²) in [5.74, 6) is 1.03. The van der Waals surface area contributed by atoms with Gasteiger partial charge in [0.25, 0.3) is 0 Å². The minimum absolute atomic E-state index is 1.03. The van der Waals surface area contributed by atoms with Gasteiger partial charge in [-0.2, -0.15) is 0 Å². The molecule has 0 saturated carbocycles. The summed E-state index contributed by atoms with van der Waals surface area (Å²) in [5, 5.41) is 3.36. The lowest BCUT2D eigenvalue weighted by molar-refractivity contribution is 0.408. The number of benzene rings is 1. The Morgan fingerprint density at radius 2 is 1.88 bits per heavy atom. The molecule has 1 aromatic rings. The fourth-order valence-corrected chi connectivity index (χ4v) is 2.12. The van der Waals surface area contributed by atoms with Crippen LogP contribution in [-0.4, -0.2) is 20.2 Å². The minimum Gasteiger partial charge on any atom is -0.496 e. The first-order valence-electron chi connectivity index (χ1n) is 5.96. The molecule has 16 heavy (non-hydrogen) atoms. The highest BCUT2D eigenvalue weighted by atomic mass is 16.5. The van der Waals surface area contributed by atoms with E-state index in [0.717, 1.165) is 25.3 Å². The molecule has 1 aromatic carbocycles. The van der Waals surface area contributed by atoms with E-state index in [4.69, 9.17) is 4.74 Å². The smallest absolute Gasteiger partial charge is 0.124 e. The number of methoxy groups -OCH3 is 1. The quantitative estimate of drug-likeness (QED) is 0.772. The van der Waals surface area contributed by atoms with E-state index in [0.29, 0.717) is 0 Å². The summed E-state index contributed by atoms with van der Waals surface area (Å²) in [6.07, 6.45) is 1.09. The van der Waals surface area contributed by atoms with Crippen molar-refractivity contribution < 1.29 is 4.74 Å². The first kappa shape index (κ1) is 13.0. The lowest BCUT2D eigenvalue weighted by Gasteiger charge is -2.15. The molecular weight excluding hydrogens is 198 g/mol. The summed E-state index contributed by atoms with van der Waals surface area (Å²) in [7, 11) is 1.74. The van der Waals surface area contributed by atoms with Gasteiger partial charge < -0.3 is 10.1 Å². The summed E-state index contributed by atoms with van der Waals surface area (Å²) >= 11 is 0. The fourth-order valence-electron chi connectivity index (χ4n) is 2.12. The number of hydrogen-bond acceptors (Lipinski definition) is 2. The average molecular weight is 221 g/mol. The summed E-state index contributed by atoms with van der Waals surface area (Å²) in [6, 6.07) is 2.25. The number of aryl methyl sites for hydroxylation is 1. The molecule has 1 N–H and O–H groups in total. The molecule has 0 aliphatic rings. The van der Waals surface area contributed by atoms with Gasteiger partial charge in [0.1, 0.15) is 5.75 Å². The summed E-state index contributed by atoms with van der Waals surface area (Å²) in [5.41, 5.74) is 5.29. The largest absolute Gasteiger partial charge is 0.496 e. The van der Waals surface area contributed by atoms with Crippen molar-refractivity contribution in [1.82, 2.24) is 5.32 Å². The molecule has 0 aliphatic carbocycles. The van der Waals surface area contributed by atoms with Gasteiger partial charge in [0, 0.05) is 0 Å². The monoisotopic (exact) mass is 221 g/mol. The van der Waals surface area contributed by atoms with Crippen molar-refractivity contribution in [1.29, 1.82) is 0 Å². The maximum atomic E-state index is 5.42. The second-order valence-electron chi connectivity index (χ2n) is 4.24. The second kappa shape index (κ2) is 5.90. The Kier molecular flexibility index (Phi) is 4.81. The molecule has 0 saturated heterocycles. The number of rotatable bonds is 5. The fraction of sp³-hybridized carbons (Fsp3) is 0.571. The maximum absolute atomic E-state index is 5.42. The normalized spacial score (nSPS) is 10.6. The lowest BCUT2D eigenvalue weighted by atomic mass is 9.96. The standard InChI is InChI=1S/C14H23NO/c1-6-15-8-7-13-9-10(2)14(16-5)12(4)11(13)3/h9,15H,6-8H2,1-5H3. The maximum Gasteiger partial charge on any atom is 0.124 e. The molecular formula is C14H23NO. The minimum atomic E-state index is 1.03. The second-order valence-corrected chi connectivity index (χ2v) is 4.24. The Bertz CT molecular complexity index is 358. The molecule has 0 atom stereocenters. The summed E-state index contributed by atoms with van der Waals surface area (Å²) in [4.78, 5) is 0. The number of nitrogens with one attached hydrogen (secondary N) is 1. The van der Waals surface area contributed by atoms with E-state index in [1.54, 1.807) is 7.11 Å². The van der Waals surface area contributed by atoms with Crippen molar-refractivity contribution in [2.75, 3.05) is 20.2 Å². The highest BCUT2D eigenvalue weighted by Gasteiger charge is 2.09. The van der Waals surface area contributed by atoms with Gasteiger partial charge in [0.2, 0.25) is 0 Å². The molecule has 0 spiro atoms. The van der Waals surface area contributed by atoms with Gasteiger partial charge in [0.05, 0.1) is 7.11 Å². The molecule has 0 aromatic heterocycles. The van der Waals surface area contributed by atoms with Crippen LogP contribution < -0.4 is 10.1 Å². The van der Waals surface area contributed by atoms with Crippen LogP contribution in [0, 0.1) is 20.8 Å². The first-order valence-corrected chi connectivity index (χ1v) is 5.96. The van der Waals surface area contributed by atoms with Crippen LogP contribution in [0.5, 0.6) is 5.75 Å². The zero-order valence-corrected chi connectivity index (χ0v) is 11.1. The third kappa shape index (κ3) is 2.76. The SMILES string of the molecule is CCNCCc1cc(C)c(OC)c(C)c1C. The van der Waals surface area contributed by atoms with Crippen LogP contribution in [-0.2, 0) is 6.42 Å². The molecule has 0 heterocycles. The molecule has 0 aliphatic heterocycles. The average Bonchev–Trinajstić information content (AvgIpc) is 2.26. The van der Waals surface area contributed by atoms with Gasteiger partial charge in [-0.3, -0.25) is 0 Å². The van der Waals surface area contributed by atoms with Crippen molar-refractivity contribution in [3.8, 4) is 5.75 Å². The Morgan fingerprint density at radius 1 is 1.19 bits per heavy atom. The molecule has 0 bridgehead atoms. The van der Waals surface area contributed by atoms with Crippen molar-refractivity contribution in [2.45, 2.75) is 34.1 Å². The van der Waals surface area contributed by atoms with Gasteiger partial charge >= 0.3 is 0 Å². The molecule has 0 amide bonds. The van der Waals surface area contributed by atoms with Crippen molar-refractivity contribution in [3.63, 3.8) is 0 Å². The van der Waals surface area contributed by atoms with Crippen LogP contribution in [0.4, 0.5) is 0 Å². The van der Waals surface area contributed by atoms with Crippen LogP contribution in [0.25, 0.3) is 0 Å². The Hall–Kier alpha value is -1.02. The van der Waals surface area contributed by atoms with E-state index in [9.17, 15) is 0 Å². The zero-order chi connectivity index (χ0) is 12.1. The summed E-state index contributed by atoms with van der Waals surface area (Å²) in [6.45, 7) is 10.6. The third-order valence-corrected chi connectivity index (χ3v) is 3.16. The lowest BCUT2D eigenvalue weighted by Crippen LogP contribution is -2.16. The van der Waals surface area contributed by atoms with E-state index < -0.39 is 0 Å². The van der Waals surface area contributed by atoms with Gasteiger partial charge in [-0.15, -0.1) is 0 Å². The molecule has 0 unspecified atom stereocenters. The van der Waals surface area contributed by atoms with Crippen LogP contribution in [0.2, 0.25) is 0 Å². The summed E-state index contributed by atoms with van der Waals surface area (Å²) < 4.78 is 5.42. The zero-order valence-electron chi connectivity index (χ0n) is 11.1. The molecule has 90 valence electrons. The predicted octanol–water partition coefficient (Wildman–Crippen LogP) is 2.77. The van der Waals surface area contributed by atoms with E-state index in [1.165, 1.54) is 22.3 Å². The van der Waals surface area contributed by atoms with Crippen LogP contribution in [0.3, 0.4) is 0 Å². The van der Waals surface area contributed by atoms with Crippen LogP contribution in [0.15, 0.2) is 6.07 Å². The van der Waals surface area contributed by atoms with Crippen molar-refractivity contribution in [2.24, 2.45) is 0 Å².